The van der Waals surface area contributed by atoms with Gasteiger partial charge in [-0.2, -0.15) is 0 Å². The summed E-state index contributed by atoms with van der Waals surface area (Å²) < 4.78 is 6.73. The molecule has 0 N–H and O–H groups in total. The van der Waals surface area contributed by atoms with Crippen molar-refractivity contribution in [1.82, 2.24) is 0 Å². The predicted molar refractivity (Wildman–Crippen MR) is 102 cm³/mol. The summed E-state index contributed by atoms with van der Waals surface area (Å²) in [6.07, 6.45) is 2.85. The van der Waals surface area contributed by atoms with Crippen molar-refractivity contribution in [1.29, 1.82) is 0 Å². The Morgan fingerprint density at radius 1 is 1.09 bits per heavy atom. The first kappa shape index (κ1) is 16.2. The van der Waals surface area contributed by atoms with E-state index in [1.807, 2.05) is 0 Å². The van der Waals surface area contributed by atoms with Crippen LogP contribution in [0.2, 0.25) is 19.6 Å². The molecular weight excluding hydrogens is 316 g/mol. The average Bonchev–Trinajstić information content (AvgIpc) is 2.53. The van der Waals surface area contributed by atoms with E-state index in [4.69, 9.17) is 4.74 Å². The Balaban J connectivity index is 1.67. The molecule has 3 heteroatoms. The Kier molecular flexibility index (Phi) is 3.61. The highest BCUT2D eigenvalue weighted by Crippen LogP contribution is 2.67. The monoisotopic (exact) mass is 346 g/mol. The van der Waals surface area contributed by atoms with Gasteiger partial charge in [-0.3, -0.25) is 0 Å². The second kappa shape index (κ2) is 5.12. The van der Waals surface area contributed by atoms with Crippen LogP contribution in [0, 0.1) is 23.2 Å². The van der Waals surface area contributed by atoms with E-state index in [9.17, 15) is 0 Å². The van der Waals surface area contributed by atoms with Crippen LogP contribution in [0.4, 0.5) is 0 Å². The molecule has 1 aromatic carbocycles. The van der Waals surface area contributed by atoms with Gasteiger partial charge in [0.15, 0.2) is 0 Å². The lowest BCUT2D eigenvalue weighted by Gasteiger charge is -2.65. The number of benzene rings is 1. The van der Waals surface area contributed by atoms with Crippen molar-refractivity contribution in [2.75, 3.05) is 6.61 Å². The maximum Gasteiger partial charge on any atom is 0.125 e. The summed E-state index contributed by atoms with van der Waals surface area (Å²) in [6.45, 7) is 13.4. The number of ether oxygens (including phenoxy) is 1. The second-order valence-corrected chi connectivity index (χ2v) is 16.4. The zero-order valence-electron chi connectivity index (χ0n) is 15.1. The van der Waals surface area contributed by atoms with Crippen molar-refractivity contribution in [3.63, 3.8) is 0 Å². The number of hydrogen-bond acceptors (Lipinski definition) is 2. The summed E-state index contributed by atoms with van der Waals surface area (Å²) in [4.78, 5) is 0. The fourth-order valence-corrected chi connectivity index (χ4v) is 10.4. The van der Waals surface area contributed by atoms with Gasteiger partial charge in [-0.1, -0.05) is 63.8 Å². The maximum absolute atomic E-state index is 6.80. The third-order valence-corrected chi connectivity index (χ3v) is 13.1. The Hall–Kier alpha value is -0.253. The minimum atomic E-state index is -1.53. The van der Waals surface area contributed by atoms with Crippen LogP contribution in [-0.4, -0.2) is 19.9 Å². The first-order valence-corrected chi connectivity index (χ1v) is 13.5. The molecule has 0 aromatic heterocycles. The van der Waals surface area contributed by atoms with Crippen LogP contribution >= 0.6 is 11.8 Å². The lowest BCUT2D eigenvalue weighted by Crippen LogP contribution is -2.63. The summed E-state index contributed by atoms with van der Waals surface area (Å²) >= 11 is 2.20. The fourth-order valence-electron chi connectivity index (χ4n) is 5.35. The van der Waals surface area contributed by atoms with E-state index in [0.29, 0.717) is 5.41 Å². The van der Waals surface area contributed by atoms with E-state index >= 15 is 0 Å². The average molecular weight is 347 g/mol. The molecule has 0 spiro atoms. The molecule has 5 rings (SSSR count). The molecule has 2 bridgehead atoms. The highest BCUT2D eigenvalue weighted by atomic mass is 32.2. The molecule has 1 aliphatic heterocycles. The highest BCUT2D eigenvalue weighted by molar-refractivity contribution is 8.02. The normalized spacial score (nSPS) is 41.8. The molecule has 1 saturated heterocycles. The third kappa shape index (κ3) is 2.22. The van der Waals surface area contributed by atoms with E-state index in [1.54, 1.807) is 0 Å². The van der Waals surface area contributed by atoms with Crippen LogP contribution in [0.3, 0.4) is 0 Å². The molecule has 1 nitrogen and oxygen atoms in total. The highest BCUT2D eigenvalue weighted by Gasteiger charge is 2.62. The van der Waals surface area contributed by atoms with Crippen molar-refractivity contribution in [2.45, 2.75) is 56.1 Å². The predicted octanol–water partition coefficient (Wildman–Crippen LogP) is 5.53. The molecule has 0 amide bonds. The molecular formula is C20H30OSSi. The van der Waals surface area contributed by atoms with Gasteiger partial charge < -0.3 is 4.74 Å². The van der Waals surface area contributed by atoms with Crippen LogP contribution in [0.15, 0.2) is 30.3 Å². The zero-order chi connectivity index (χ0) is 16.5. The quantitative estimate of drug-likeness (QED) is 0.651. The van der Waals surface area contributed by atoms with Gasteiger partial charge in [0.2, 0.25) is 0 Å². The van der Waals surface area contributed by atoms with Crippen LogP contribution in [0.25, 0.3) is 0 Å². The molecule has 3 aliphatic carbocycles. The third-order valence-electron chi connectivity index (χ3n) is 7.00. The number of thioether (sulfide) groups is 1. The van der Waals surface area contributed by atoms with Gasteiger partial charge >= 0.3 is 0 Å². The van der Waals surface area contributed by atoms with E-state index in [2.05, 4.69) is 75.6 Å². The van der Waals surface area contributed by atoms with Gasteiger partial charge in [0.25, 0.3) is 0 Å². The topological polar surface area (TPSA) is 9.23 Å². The molecule has 126 valence electrons. The lowest BCUT2D eigenvalue weighted by molar-refractivity contribution is -0.133. The first-order chi connectivity index (χ1) is 10.8. The van der Waals surface area contributed by atoms with E-state index < -0.39 is 8.07 Å². The summed E-state index contributed by atoms with van der Waals surface area (Å²) in [6, 6.07) is 11.1. The zero-order valence-corrected chi connectivity index (χ0v) is 17.0. The molecule has 1 aromatic rings. The van der Waals surface area contributed by atoms with E-state index in [0.717, 1.165) is 29.6 Å². The van der Waals surface area contributed by atoms with Gasteiger partial charge in [-0.05, 0) is 41.6 Å². The molecule has 4 fully saturated rings. The summed E-state index contributed by atoms with van der Waals surface area (Å²) in [5.74, 6) is 2.59. The van der Waals surface area contributed by atoms with Crippen LogP contribution in [0.1, 0.15) is 32.3 Å². The smallest absolute Gasteiger partial charge is 0.125 e. The van der Waals surface area contributed by atoms with E-state index in [-0.39, 0.29) is 4.56 Å². The molecule has 23 heavy (non-hydrogen) atoms. The number of rotatable bonds is 2. The maximum atomic E-state index is 6.80. The molecule has 0 unspecified atom stereocenters. The summed E-state index contributed by atoms with van der Waals surface area (Å²) in [7, 11) is -1.53. The fraction of sp³-hybridized carbons (Fsp3) is 0.700. The van der Waals surface area contributed by atoms with Crippen molar-refractivity contribution in [2.24, 2.45) is 23.2 Å². The number of hydrogen-bond donors (Lipinski definition) is 0. The molecule has 0 radical (unpaired) electrons. The van der Waals surface area contributed by atoms with Crippen molar-refractivity contribution >= 4 is 19.8 Å². The summed E-state index contributed by atoms with van der Waals surface area (Å²) in [5, 5.41) is 0.799. The van der Waals surface area contributed by atoms with E-state index in [1.165, 1.54) is 18.4 Å². The Labute approximate surface area is 146 Å². The summed E-state index contributed by atoms with van der Waals surface area (Å²) in [5.41, 5.74) is 1.96. The van der Waals surface area contributed by atoms with Crippen LogP contribution in [0.5, 0.6) is 0 Å². The Morgan fingerprint density at radius 2 is 1.78 bits per heavy atom. The van der Waals surface area contributed by atoms with Crippen molar-refractivity contribution in [3.05, 3.63) is 35.9 Å². The van der Waals surface area contributed by atoms with Crippen molar-refractivity contribution < 1.29 is 4.74 Å². The Bertz CT molecular complexity index is 593. The Morgan fingerprint density at radius 3 is 2.39 bits per heavy atom. The van der Waals surface area contributed by atoms with Crippen LogP contribution in [-0.2, 0) is 9.29 Å². The van der Waals surface area contributed by atoms with Gasteiger partial charge in [0.1, 0.15) is 12.6 Å². The lowest BCUT2D eigenvalue weighted by atomic mass is 9.45. The second-order valence-electron chi connectivity index (χ2n) is 9.46. The molecule has 4 aliphatic rings. The minimum Gasteiger partial charge on any atom is -0.363 e. The largest absolute Gasteiger partial charge is 0.363 e. The van der Waals surface area contributed by atoms with Crippen molar-refractivity contribution in [3.8, 4) is 0 Å². The molecule has 5 atom stereocenters. The standard InChI is InChI=1S/C20H30OSSi/c1-19(2)15-11-17(19)16-13-21-20(23(3,4)5,22-18(16)12-15)14-9-7-6-8-10-14/h6-10,15-18H,11-13H2,1-5H3/t15-,16+,17+,18+,20-/m1/s1. The molecule has 3 saturated carbocycles. The minimum absolute atomic E-state index is 0.0661. The first-order valence-electron chi connectivity index (χ1n) is 9.13. The van der Waals surface area contributed by atoms with Gasteiger partial charge in [0, 0.05) is 5.25 Å². The van der Waals surface area contributed by atoms with Gasteiger partial charge in [-0.25, -0.2) is 0 Å². The van der Waals surface area contributed by atoms with Crippen LogP contribution < -0.4 is 0 Å². The van der Waals surface area contributed by atoms with Gasteiger partial charge in [0.05, 0.1) is 6.61 Å². The SMILES string of the molecule is CC1(C)[C@H]2C[C@@H]3S[C@](c4ccccc4)([Si](C)(C)C)OC[C@H]3[C@@H]1C2. The van der Waals surface area contributed by atoms with Gasteiger partial charge in [-0.15, -0.1) is 11.8 Å². The molecule has 1 heterocycles.